The molecular formula is C35H38N4O10S. The van der Waals surface area contributed by atoms with E-state index in [0.29, 0.717) is 51.7 Å². The molecule has 0 aromatic heterocycles. The van der Waals surface area contributed by atoms with Crippen LogP contribution in [-0.4, -0.2) is 97.0 Å². The van der Waals surface area contributed by atoms with E-state index in [-0.39, 0.29) is 37.6 Å². The molecule has 1 unspecified atom stereocenters. The summed E-state index contributed by atoms with van der Waals surface area (Å²) >= 11 is 1.34. The molecule has 0 radical (unpaired) electrons. The number of likely N-dealkylation sites (N-methyl/N-ethyl adjacent to an activating group) is 1. The van der Waals surface area contributed by atoms with Gasteiger partial charge in [-0.1, -0.05) is 18.7 Å². The maximum absolute atomic E-state index is 13.6. The predicted octanol–water partition coefficient (Wildman–Crippen LogP) is 3.51. The second kappa shape index (κ2) is 12.9. The quantitative estimate of drug-likeness (QED) is 0.263. The van der Waals surface area contributed by atoms with Crippen molar-refractivity contribution in [2.75, 3.05) is 39.9 Å². The summed E-state index contributed by atoms with van der Waals surface area (Å²) in [6, 6.07) is 0.661. The molecule has 6 aliphatic heterocycles. The SMILES string of the molecule is C=CCOC(=O)N[C@H]1CS[C@@H]2c3c(OC(C)=O)c(C)c4c(c3[C@@H](COC1=O)N1C2[C@H]2c3c(cc(C)c(OC)c3O)C[C@@H]([C@@H]1C#N)N2C)OCO4. The lowest BCUT2D eigenvalue weighted by Crippen LogP contribution is -2.69. The molecular weight excluding hydrogens is 668 g/mol. The summed E-state index contributed by atoms with van der Waals surface area (Å²) < 4.78 is 34.8. The molecule has 2 saturated heterocycles. The molecule has 0 spiro atoms. The maximum atomic E-state index is 13.6. The highest BCUT2D eigenvalue weighted by molar-refractivity contribution is 7.99. The van der Waals surface area contributed by atoms with Crippen molar-refractivity contribution < 1.29 is 47.9 Å². The number of esters is 2. The van der Waals surface area contributed by atoms with Crippen molar-refractivity contribution in [1.29, 1.82) is 5.26 Å². The number of amides is 1. The number of phenolic OH excluding ortho intramolecular Hbond substituents is 1. The number of fused-ring (bicyclic) bond motifs is 10. The Morgan fingerprint density at radius 3 is 2.66 bits per heavy atom. The lowest BCUT2D eigenvalue weighted by atomic mass is 9.71. The van der Waals surface area contributed by atoms with E-state index >= 15 is 0 Å². The predicted molar refractivity (Wildman–Crippen MR) is 178 cm³/mol. The van der Waals surface area contributed by atoms with E-state index in [2.05, 4.69) is 27.8 Å². The first-order valence-corrected chi connectivity index (χ1v) is 17.3. The molecule has 0 saturated carbocycles. The van der Waals surface area contributed by atoms with E-state index in [9.17, 15) is 24.8 Å². The number of thioether (sulfide) groups is 1. The number of carbonyl (C=O) groups is 3. The molecule has 15 heteroatoms. The van der Waals surface area contributed by atoms with Crippen LogP contribution < -0.4 is 24.3 Å². The zero-order valence-electron chi connectivity index (χ0n) is 28.3. The Morgan fingerprint density at radius 1 is 1.20 bits per heavy atom. The van der Waals surface area contributed by atoms with Crippen LogP contribution in [0.1, 0.15) is 57.6 Å². The molecule has 14 nitrogen and oxygen atoms in total. The highest BCUT2D eigenvalue weighted by Crippen LogP contribution is 2.64. The van der Waals surface area contributed by atoms with Gasteiger partial charge in [-0.15, -0.1) is 11.8 Å². The molecule has 4 bridgehead atoms. The number of hydrogen-bond donors (Lipinski definition) is 2. The minimum atomic E-state index is -1.10. The summed E-state index contributed by atoms with van der Waals surface area (Å²) in [5.41, 5.74) is 4.15. The lowest BCUT2D eigenvalue weighted by Gasteiger charge is -2.61. The number of phenols is 1. The number of nitrogens with zero attached hydrogens (tertiary/aromatic N) is 3. The van der Waals surface area contributed by atoms with Crippen molar-refractivity contribution in [3.63, 3.8) is 0 Å². The van der Waals surface area contributed by atoms with Gasteiger partial charge in [-0.25, -0.2) is 9.59 Å². The van der Waals surface area contributed by atoms with Crippen molar-refractivity contribution in [1.82, 2.24) is 15.1 Å². The molecule has 2 aromatic rings. The summed E-state index contributed by atoms with van der Waals surface area (Å²) in [4.78, 5) is 43.2. The van der Waals surface area contributed by atoms with Crippen molar-refractivity contribution in [2.24, 2.45) is 0 Å². The lowest BCUT2D eigenvalue weighted by molar-refractivity contribution is -0.151. The van der Waals surface area contributed by atoms with Crippen LogP contribution in [0.4, 0.5) is 4.79 Å². The normalized spacial score (nSPS) is 27.8. The van der Waals surface area contributed by atoms with Gasteiger partial charge in [0, 0.05) is 47.0 Å². The summed E-state index contributed by atoms with van der Waals surface area (Å²) in [7, 11) is 3.46. The average molecular weight is 707 g/mol. The Labute approximate surface area is 293 Å². The minimum Gasteiger partial charge on any atom is -0.504 e. The van der Waals surface area contributed by atoms with Crippen LogP contribution in [0.25, 0.3) is 0 Å². The van der Waals surface area contributed by atoms with Gasteiger partial charge < -0.3 is 38.8 Å². The highest BCUT2D eigenvalue weighted by Gasteiger charge is 2.60. The zero-order valence-corrected chi connectivity index (χ0v) is 29.1. The van der Waals surface area contributed by atoms with Crippen LogP contribution in [0.5, 0.6) is 28.7 Å². The highest BCUT2D eigenvalue weighted by atomic mass is 32.2. The van der Waals surface area contributed by atoms with Crippen LogP contribution >= 0.6 is 11.8 Å². The summed E-state index contributed by atoms with van der Waals surface area (Å²) in [6.45, 7) is 8.19. The molecule has 8 rings (SSSR count). The Kier molecular flexibility index (Phi) is 8.73. The average Bonchev–Trinajstić information content (AvgIpc) is 3.57. The summed E-state index contributed by atoms with van der Waals surface area (Å²) in [5, 5.41) is 24.8. The standard InChI is InChI=1S/C35H38N4O10S/c1-7-8-45-35(43)37-19-13-50-33-25-24(32-31(47-14-48-32)16(3)30(25)49-17(4)40)22(12-46-34(19)42)39-21(11-36)20-10-18-9-15(2)29(44-6)28(41)23(18)26(27(33)39)38(20)5/h7,9,19-22,26-27,33,41H,1,8,10,12-14H2,2-6H3,(H,37,43)/t19-,20-,21-,22+,26+,27?,33+/m0/s1. The number of benzene rings is 2. The van der Waals surface area contributed by atoms with E-state index in [1.807, 2.05) is 20.0 Å². The molecule has 2 fully saturated rings. The molecule has 2 aromatic carbocycles. The number of aromatic hydroxyl groups is 1. The Balaban J connectivity index is 1.49. The van der Waals surface area contributed by atoms with Gasteiger partial charge in [0.25, 0.3) is 0 Å². The third-order valence-corrected chi connectivity index (χ3v) is 11.7. The molecule has 6 heterocycles. The Morgan fingerprint density at radius 2 is 1.96 bits per heavy atom. The number of carbonyl (C=O) groups excluding carboxylic acids is 3. The number of methoxy groups -OCH3 is 1. The third-order valence-electron chi connectivity index (χ3n) is 10.3. The minimum absolute atomic E-state index is 0.0179. The molecule has 6 aliphatic rings. The Hall–Kier alpha value is -4.65. The topological polar surface area (TPSA) is 169 Å². The fourth-order valence-electron chi connectivity index (χ4n) is 8.39. The summed E-state index contributed by atoms with van der Waals surface area (Å²) in [6.07, 6.45) is 1.08. The number of aryl methyl sites for hydroxylation is 1. The Bertz CT molecular complexity index is 1840. The van der Waals surface area contributed by atoms with Crippen molar-refractivity contribution in [3.8, 4) is 34.8 Å². The number of rotatable bonds is 5. The van der Waals surface area contributed by atoms with Gasteiger partial charge in [0.2, 0.25) is 6.79 Å². The van der Waals surface area contributed by atoms with Gasteiger partial charge in [0.1, 0.15) is 31.0 Å². The van der Waals surface area contributed by atoms with Gasteiger partial charge in [-0.05, 0) is 38.4 Å². The second-order valence-electron chi connectivity index (χ2n) is 13.0. The molecule has 7 atom stereocenters. The maximum Gasteiger partial charge on any atom is 0.408 e. The largest absolute Gasteiger partial charge is 0.504 e. The monoisotopic (exact) mass is 706 g/mol. The van der Waals surface area contributed by atoms with Gasteiger partial charge in [-0.2, -0.15) is 5.26 Å². The second-order valence-corrected chi connectivity index (χ2v) is 14.1. The smallest absolute Gasteiger partial charge is 0.408 e. The van der Waals surface area contributed by atoms with Crippen LogP contribution in [0.15, 0.2) is 18.7 Å². The van der Waals surface area contributed by atoms with E-state index in [4.69, 9.17) is 28.4 Å². The van der Waals surface area contributed by atoms with Gasteiger partial charge in [0.05, 0.1) is 30.5 Å². The molecule has 264 valence electrons. The van der Waals surface area contributed by atoms with E-state index < -0.39 is 53.5 Å². The van der Waals surface area contributed by atoms with Gasteiger partial charge >= 0.3 is 18.0 Å². The number of piperazine rings is 1. The fourth-order valence-corrected chi connectivity index (χ4v) is 9.89. The first-order valence-electron chi connectivity index (χ1n) is 16.3. The third kappa shape index (κ3) is 5.11. The van der Waals surface area contributed by atoms with Crippen molar-refractivity contribution >= 4 is 29.8 Å². The number of ether oxygens (including phenoxy) is 6. The number of hydrogen-bond acceptors (Lipinski definition) is 14. The summed E-state index contributed by atoms with van der Waals surface area (Å²) in [5.74, 6) is 0.321. The molecule has 2 N–H and O–H groups in total. The zero-order chi connectivity index (χ0) is 35.6. The first kappa shape index (κ1) is 33.8. The van der Waals surface area contributed by atoms with Gasteiger partial charge in [0.15, 0.2) is 23.0 Å². The fraction of sp³-hybridized carbons (Fsp3) is 0.486. The molecule has 50 heavy (non-hydrogen) atoms. The molecule has 0 aliphatic carbocycles. The van der Waals surface area contributed by atoms with Crippen LogP contribution in [0, 0.1) is 25.2 Å². The van der Waals surface area contributed by atoms with Gasteiger partial charge in [-0.3, -0.25) is 14.6 Å². The van der Waals surface area contributed by atoms with Crippen LogP contribution in [0.3, 0.4) is 0 Å². The first-order chi connectivity index (χ1) is 24.0. The van der Waals surface area contributed by atoms with Crippen LogP contribution in [-0.2, 0) is 25.5 Å². The van der Waals surface area contributed by atoms with E-state index in [1.165, 1.54) is 31.9 Å². The number of alkyl carbamates (subject to hydrolysis) is 1. The van der Waals surface area contributed by atoms with Crippen LogP contribution in [0.2, 0.25) is 0 Å². The number of nitrogens with one attached hydrogen (secondary N) is 1. The van der Waals surface area contributed by atoms with Crippen molar-refractivity contribution in [3.05, 3.63) is 52.1 Å². The molecule has 1 amide bonds. The van der Waals surface area contributed by atoms with Crippen molar-refractivity contribution in [2.45, 2.75) is 68.7 Å². The van der Waals surface area contributed by atoms with E-state index in [1.54, 1.807) is 6.92 Å². The number of nitriles is 1. The van der Waals surface area contributed by atoms with E-state index in [0.717, 1.165) is 11.1 Å².